The molecule has 0 amide bonds. The molecule has 0 bridgehead atoms. The molecule has 0 aromatic carbocycles. The first kappa shape index (κ1) is 15.6. The van der Waals surface area contributed by atoms with Crippen molar-refractivity contribution in [3.8, 4) is 12.3 Å². The highest BCUT2D eigenvalue weighted by atomic mass is 14.9. The zero-order chi connectivity index (χ0) is 13.4. The molecule has 1 nitrogen and oxygen atoms in total. The predicted molar refractivity (Wildman–Crippen MR) is 80.4 cm³/mol. The molecule has 0 aliphatic heterocycles. The largest absolute Gasteiger partial charge is 0.316 e. The number of rotatable bonds is 7. The van der Waals surface area contributed by atoms with E-state index in [2.05, 4.69) is 32.0 Å². The molecule has 0 aromatic rings. The predicted octanol–water partition coefficient (Wildman–Crippen LogP) is 4.09. The maximum Gasteiger partial charge on any atom is 0.00888 e. The van der Waals surface area contributed by atoms with Gasteiger partial charge >= 0.3 is 0 Å². The van der Waals surface area contributed by atoms with Crippen molar-refractivity contribution in [2.45, 2.75) is 59.3 Å². The summed E-state index contributed by atoms with van der Waals surface area (Å²) in [6.07, 6.45) is 13.2. The van der Waals surface area contributed by atoms with Gasteiger partial charge in [0.25, 0.3) is 0 Å². The van der Waals surface area contributed by atoms with Gasteiger partial charge in [-0.3, -0.25) is 0 Å². The second kappa shape index (κ2) is 8.59. The Labute approximate surface area is 114 Å². The van der Waals surface area contributed by atoms with Crippen molar-refractivity contribution in [3.05, 3.63) is 0 Å². The number of terminal acetylenes is 1. The van der Waals surface area contributed by atoms with E-state index in [1.165, 1.54) is 38.6 Å². The molecule has 1 rings (SSSR count). The fourth-order valence-corrected chi connectivity index (χ4v) is 3.24. The summed E-state index contributed by atoms with van der Waals surface area (Å²) in [5.41, 5.74) is 0. The molecule has 1 aliphatic carbocycles. The van der Waals surface area contributed by atoms with Gasteiger partial charge in [0.2, 0.25) is 0 Å². The van der Waals surface area contributed by atoms with Crippen molar-refractivity contribution in [1.29, 1.82) is 0 Å². The van der Waals surface area contributed by atoms with Gasteiger partial charge in [0.05, 0.1) is 0 Å². The van der Waals surface area contributed by atoms with Gasteiger partial charge < -0.3 is 5.32 Å². The minimum Gasteiger partial charge on any atom is -0.316 e. The highest BCUT2D eigenvalue weighted by Crippen LogP contribution is 2.37. The van der Waals surface area contributed by atoms with Crippen molar-refractivity contribution in [3.63, 3.8) is 0 Å². The smallest absolute Gasteiger partial charge is 0.00888 e. The van der Waals surface area contributed by atoms with Crippen LogP contribution >= 0.6 is 0 Å². The molecule has 1 saturated carbocycles. The summed E-state index contributed by atoms with van der Waals surface area (Å²) in [6.45, 7) is 9.23. The SMILES string of the molecule is C#CCCC1CC(CC)CCC1CNCC(C)C. The van der Waals surface area contributed by atoms with Crippen molar-refractivity contribution in [2.24, 2.45) is 23.7 Å². The lowest BCUT2D eigenvalue weighted by molar-refractivity contribution is 0.163. The van der Waals surface area contributed by atoms with Crippen LogP contribution in [0.1, 0.15) is 59.3 Å². The summed E-state index contributed by atoms with van der Waals surface area (Å²) < 4.78 is 0. The normalized spacial score (nSPS) is 28.3. The average molecular weight is 249 g/mol. The van der Waals surface area contributed by atoms with Gasteiger partial charge in [0, 0.05) is 6.42 Å². The van der Waals surface area contributed by atoms with E-state index < -0.39 is 0 Å². The summed E-state index contributed by atoms with van der Waals surface area (Å²) in [4.78, 5) is 0. The quantitative estimate of drug-likeness (QED) is 0.670. The maximum atomic E-state index is 5.43. The van der Waals surface area contributed by atoms with E-state index in [1.54, 1.807) is 0 Å². The van der Waals surface area contributed by atoms with E-state index in [1.807, 2.05) is 0 Å². The van der Waals surface area contributed by atoms with Gasteiger partial charge in [-0.1, -0.05) is 33.6 Å². The molecule has 0 radical (unpaired) electrons. The van der Waals surface area contributed by atoms with E-state index in [0.717, 1.165) is 36.6 Å². The standard InChI is InChI=1S/C17H31N/c1-5-7-8-16-11-15(6-2)9-10-17(16)13-18-12-14(3)4/h1,14-18H,6-13H2,2-4H3. The molecule has 18 heavy (non-hydrogen) atoms. The van der Waals surface area contributed by atoms with Gasteiger partial charge in [0.15, 0.2) is 0 Å². The third-order valence-electron chi connectivity index (χ3n) is 4.44. The van der Waals surface area contributed by atoms with Gasteiger partial charge in [0.1, 0.15) is 0 Å². The lowest BCUT2D eigenvalue weighted by Gasteiger charge is -2.36. The molecule has 0 heterocycles. The van der Waals surface area contributed by atoms with Crippen LogP contribution in [0.25, 0.3) is 0 Å². The molecule has 1 N–H and O–H groups in total. The minimum absolute atomic E-state index is 0.751. The molecule has 3 atom stereocenters. The fraction of sp³-hybridized carbons (Fsp3) is 0.882. The molecule has 0 spiro atoms. The van der Waals surface area contributed by atoms with Crippen molar-refractivity contribution < 1.29 is 0 Å². The van der Waals surface area contributed by atoms with Crippen LogP contribution in [0, 0.1) is 36.0 Å². The third kappa shape index (κ3) is 5.44. The number of nitrogens with one attached hydrogen (secondary N) is 1. The van der Waals surface area contributed by atoms with Crippen molar-refractivity contribution >= 4 is 0 Å². The van der Waals surface area contributed by atoms with Crippen LogP contribution in [0.2, 0.25) is 0 Å². The van der Waals surface area contributed by atoms with Crippen molar-refractivity contribution in [2.75, 3.05) is 13.1 Å². The highest BCUT2D eigenvalue weighted by Gasteiger charge is 2.28. The van der Waals surface area contributed by atoms with E-state index in [9.17, 15) is 0 Å². The Morgan fingerprint density at radius 1 is 1.28 bits per heavy atom. The second-order valence-electron chi connectivity index (χ2n) is 6.40. The minimum atomic E-state index is 0.751. The molecule has 0 aromatic heterocycles. The zero-order valence-corrected chi connectivity index (χ0v) is 12.5. The van der Waals surface area contributed by atoms with Crippen molar-refractivity contribution in [1.82, 2.24) is 5.32 Å². The summed E-state index contributed by atoms with van der Waals surface area (Å²) in [6, 6.07) is 0. The van der Waals surface area contributed by atoms with Gasteiger partial charge in [-0.05, 0) is 56.0 Å². The zero-order valence-electron chi connectivity index (χ0n) is 12.5. The maximum absolute atomic E-state index is 5.43. The Balaban J connectivity index is 2.39. The third-order valence-corrected chi connectivity index (χ3v) is 4.44. The van der Waals surface area contributed by atoms with Crippen LogP contribution in [-0.2, 0) is 0 Å². The molecule has 1 fully saturated rings. The first-order valence-corrected chi connectivity index (χ1v) is 7.81. The van der Waals surface area contributed by atoms with Gasteiger partial charge in [-0.15, -0.1) is 12.3 Å². The Kier molecular flexibility index (Phi) is 7.44. The monoisotopic (exact) mass is 249 g/mol. The van der Waals surface area contributed by atoms with Crippen LogP contribution in [0.4, 0.5) is 0 Å². The lowest BCUT2D eigenvalue weighted by atomic mass is 9.71. The van der Waals surface area contributed by atoms with Gasteiger partial charge in [-0.25, -0.2) is 0 Å². The van der Waals surface area contributed by atoms with E-state index in [4.69, 9.17) is 6.42 Å². The fourth-order valence-electron chi connectivity index (χ4n) is 3.24. The highest BCUT2D eigenvalue weighted by molar-refractivity contribution is 4.88. The summed E-state index contributed by atoms with van der Waals surface area (Å²) in [7, 11) is 0. The van der Waals surface area contributed by atoms with Gasteiger partial charge in [-0.2, -0.15) is 0 Å². The molecule has 1 heteroatoms. The topological polar surface area (TPSA) is 12.0 Å². The molecule has 3 unspecified atom stereocenters. The Morgan fingerprint density at radius 2 is 2.06 bits per heavy atom. The van der Waals surface area contributed by atoms with Crippen LogP contribution in [0.3, 0.4) is 0 Å². The Hall–Kier alpha value is -0.480. The first-order chi connectivity index (χ1) is 8.67. The van der Waals surface area contributed by atoms with Crippen LogP contribution in [-0.4, -0.2) is 13.1 Å². The van der Waals surface area contributed by atoms with E-state index in [-0.39, 0.29) is 0 Å². The molecule has 1 aliphatic rings. The lowest BCUT2D eigenvalue weighted by Crippen LogP contribution is -2.34. The Morgan fingerprint density at radius 3 is 2.67 bits per heavy atom. The summed E-state index contributed by atoms with van der Waals surface area (Å²) in [5.74, 6) is 6.25. The Bertz CT molecular complexity index is 251. The number of hydrogen-bond donors (Lipinski definition) is 1. The first-order valence-electron chi connectivity index (χ1n) is 7.81. The van der Waals surface area contributed by atoms with Crippen LogP contribution in [0.15, 0.2) is 0 Å². The molecular formula is C17H31N. The van der Waals surface area contributed by atoms with Crippen LogP contribution in [0.5, 0.6) is 0 Å². The molecule has 104 valence electrons. The second-order valence-corrected chi connectivity index (χ2v) is 6.40. The number of hydrogen-bond acceptors (Lipinski definition) is 1. The van der Waals surface area contributed by atoms with Crippen LogP contribution < -0.4 is 5.32 Å². The summed E-state index contributed by atoms with van der Waals surface area (Å²) in [5, 5.41) is 3.64. The molecule has 0 saturated heterocycles. The van der Waals surface area contributed by atoms with E-state index >= 15 is 0 Å². The average Bonchev–Trinajstić information content (AvgIpc) is 2.36. The van der Waals surface area contributed by atoms with E-state index in [0.29, 0.717) is 0 Å². The molecular weight excluding hydrogens is 218 g/mol. The summed E-state index contributed by atoms with van der Waals surface area (Å²) >= 11 is 0.